The molecule has 0 amide bonds. The standard InChI is InChI=1S/C9H12O2/c1-9-5-3-2-4-7(9)6-8(10)11-9/h2,4,7H,3,5-6H2,1H3. The Labute approximate surface area is 66.2 Å². The summed E-state index contributed by atoms with van der Waals surface area (Å²) in [4.78, 5) is 11.0. The van der Waals surface area contributed by atoms with Gasteiger partial charge in [0.15, 0.2) is 0 Å². The molecule has 0 N–H and O–H groups in total. The first-order chi connectivity index (χ1) is 5.21. The fourth-order valence-electron chi connectivity index (χ4n) is 1.91. The highest BCUT2D eigenvalue weighted by molar-refractivity contribution is 5.73. The van der Waals surface area contributed by atoms with Gasteiger partial charge >= 0.3 is 5.97 Å². The monoisotopic (exact) mass is 152 g/mol. The molecule has 0 aromatic rings. The van der Waals surface area contributed by atoms with Crippen LogP contribution in [0.4, 0.5) is 0 Å². The lowest BCUT2D eigenvalue weighted by atomic mass is 9.81. The highest BCUT2D eigenvalue weighted by Crippen LogP contribution is 2.40. The smallest absolute Gasteiger partial charge is 0.307 e. The van der Waals surface area contributed by atoms with Crippen molar-refractivity contribution in [3.8, 4) is 0 Å². The van der Waals surface area contributed by atoms with Crippen LogP contribution in [-0.4, -0.2) is 11.6 Å². The molecule has 1 aliphatic heterocycles. The molecule has 1 heterocycles. The van der Waals surface area contributed by atoms with Crippen molar-refractivity contribution < 1.29 is 9.53 Å². The van der Waals surface area contributed by atoms with E-state index in [2.05, 4.69) is 12.2 Å². The summed E-state index contributed by atoms with van der Waals surface area (Å²) in [5.41, 5.74) is -0.175. The predicted octanol–water partition coefficient (Wildman–Crippen LogP) is 1.66. The fraction of sp³-hybridized carbons (Fsp3) is 0.667. The van der Waals surface area contributed by atoms with E-state index in [1.807, 2.05) is 6.92 Å². The molecule has 0 radical (unpaired) electrons. The summed E-state index contributed by atoms with van der Waals surface area (Å²) >= 11 is 0. The molecule has 60 valence electrons. The van der Waals surface area contributed by atoms with Crippen molar-refractivity contribution in [3.63, 3.8) is 0 Å². The van der Waals surface area contributed by atoms with E-state index in [9.17, 15) is 4.79 Å². The number of carbonyl (C=O) groups excluding carboxylic acids is 1. The van der Waals surface area contributed by atoms with Gasteiger partial charge < -0.3 is 4.74 Å². The van der Waals surface area contributed by atoms with E-state index in [0.29, 0.717) is 12.3 Å². The van der Waals surface area contributed by atoms with Crippen molar-refractivity contribution in [2.45, 2.75) is 31.8 Å². The van der Waals surface area contributed by atoms with Gasteiger partial charge in [-0.05, 0) is 19.8 Å². The molecule has 0 aromatic carbocycles. The predicted molar refractivity (Wildman–Crippen MR) is 41.0 cm³/mol. The van der Waals surface area contributed by atoms with Crippen LogP contribution in [0.2, 0.25) is 0 Å². The number of carbonyl (C=O) groups is 1. The van der Waals surface area contributed by atoms with Crippen LogP contribution < -0.4 is 0 Å². The minimum Gasteiger partial charge on any atom is -0.459 e. The van der Waals surface area contributed by atoms with E-state index in [1.54, 1.807) is 0 Å². The van der Waals surface area contributed by atoms with Crippen LogP contribution in [0.5, 0.6) is 0 Å². The van der Waals surface area contributed by atoms with Crippen LogP contribution in [0.25, 0.3) is 0 Å². The lowest BCUT2D eigenvalue weighted by molar-refractivity contribution is -0.148. The van der Waals surface area contributed by atoms with Gasteiger partial charge in [-0.25, -0.2) is 0 Å². The van der Waals surface area contributed by atoms with Gasteiger partial charge in [0, 0.05) is 5.92 Å². The second-order valence-corrected chi connectivity index (χ2v) is 3.56. The van der Waals surface area contributed by atoms with Crippen molar-refractivity contribution in [1.82, 2.24) is 0 Å². The number of rotatable bonds is 0. The second-order valence-electron chi connectivity index (χ2n) is 3.56. The Morgan fingerprint density at radius 2 is 2.55 bits per heavy atom. The fourth-order valence-corrected chi connectivity index (χ4v) is 1.91. The zero-order valence-corrected chi connectivity index (χ0v) is 6.67. The van der Waals surface area contributed by atoms with Gasteiger partial charge in [0.1, 0.15) is 5.60 Å². The van der Waals surface area contributed by atoms with E-state index in [4.69, 9.17) is 4.74 Å². The van der Waals surface area contributed by atoms with Crippen LogP contribution in [0.3, 0.4) is 0 Å². The molecule has 0 spiro atoms. The lowest BCUT2D eigenvalue weighted by Gasteiger charge is -2.29. The largest absolute Gasteiger partial charge is 0.459 e. The van der Waals surface area contributed by atoms with E-state index >= 15 is 0 Å². The third-order valence-electron chi connectivity index (χ3n) is 2.69. The summed E-state index contributed by atoms with van der Waals surface area (Å²) < 4.78 is 5.26. The quantitative estimate of drug-likeness (QED) is 0.390. The summed E-state index contributed by atoms with van der Waals surface area (Å²) in [6.45, 7) is 2.03. The van der Waals surface area contributed by atoms with Gasteiger partial charge in [0.25, 0.3) is 0 Å². The molecule has 0 aromatic heterocycles. The topological polar surface area (TPSA) is 26.3 Å². The lowest BCUT2D eigenvalue weighted by Crippen LogP contribution is -2.32. The van der Waals surface area contributed by atoms with Crippen LogP contribution in [0.15, 0.2) is 12.2 Å². The molecule has 2 heteroatoms. The average molecular weight is 152 g/mol. The molecule has 0 saturated carbocycles. The highest BCUT2D eigenvalue weighted by atomic mass is 16.6. The Bertz CT molecular complexity index is 220. The SMILES string of the molecule is CC12CCC=CC1CC(=O)O2. The van der Waals surface area contributed by atoms with Gasteiger partial charge in [-0.1, -0.05) is 12.2 Å². The number of ether oxygens (including phenoxy) is 1. The number of hydrogen-bond donors (Lipinski definition) is 0. The minimum absolute atomic E-state index is 0.0379. The molecule has 2 aliphatic rings. The molecule has 2 atom stereocenters. The summed E-state index contributed by atoms with van der Waals surface area (Å²) in [5, 5.41) is 0. The number of allylic oxidation sites excluding steroid dienone is 1. The normalized spacial score (nSPS) is 41.9. The van der Waals surface area contributed by atoms with Crippen molar-refractivity contribution in [3.05, 3.63) is 12.2 Å². The summed E-state index contributed by atoms with van der Waals surface area (Å²) in [5.74, 6) is 0.299. The molecule has 1 saturated heterocycles. The van der Waals surface area contributed by atoms with Gasteiger partial charge in [-0.2, -0.15) is 0 Å². The molecular weight excluding hydrogens is 140 g/mol. The molecule has 2 rings (SSSR count). The van der Waals surface area contributed by atoms with Crippen LogP contribution in [0, 0.1) is 5.92 Å². The third kappa shape index (κ3) is 0.971. The number of hydrogen-bond acceptors (Lipinski definition) is 2. The second kappa shape index (κ2) is 2.10. The van der Waals surface area contributed by atoms with Gasteiger partial charge in [-0.15, -0.1) is 0 Å². The molecule has 2 unspecified atom stereocenters. The third-order valence-corrected chi connectivity index (χ3v) is 2.69. The van der Waals surface area contributed by atoms with Crippen molar-refractivity contribution in [2.75, 3.05) is 0 Å². The Hall–Kier alpha value is -0.790. The summed E-state index contributed by atoms with van der Waals surface area (Å²) in [6, 6.07) is 0. The average Bonchev–Trinajstić information content (AvgIpc) is 2.22. The zero-order valence-electron chi connectivity index (χ0n) is 6.67. The Kier molecular flexibility index (Phi) is 1.31. The van der Waals surface area contributed by atoms with Gasteiger partial charge in [0.2, 0.25) is 0 Å². The van der Waals surface area contributed by atoms with Crippen molar-refractivity contribution in [1.29, 1.82) is 0 Å². The first kappa shape index (κ1) is 6.89. The molecule has 1 aliphatic carbocycles. The highest BCUT2D eigenvalue weighted by Gasteiger charge is 2.44. The van der Waals surface area contributed by atoms with E-state index < -0.39 is 0 Å². The Morgan fingerprint density at radius 3 is 3.27 bits per heavy atom. The van der Waals surface area contributed by atoms with E-state index in [1.165, 1.54) is 0 Å². The maximum absolute atomic E-state index is 11.0. The maximum atomic E-state index is 11.0. The number of esters is 1. The van der Waals surface area contributed by atoms with E-state index in [0.717, 1.165) is 12.8 Å². The molecule has 11 heavy (non-hydrogen) atoms. The van der Waals surface area contributed by atoms with Gasteiger partial charge in [0.05, 0.1) is 6.42 Å². The Morgan fingerprint density at radius 1 is 1.73 bits per heavy atom. The van der Waals surface area contributed by atoms with Crippen molar-refractivity contribution >= 4 is 5.97 Å². The van der Waals surface area contributed by atoms with Crippen LogP contribution >= 0.6 is 0 Å². The molecular formula is C9H12O2. The van der Waals surface area contributed by atoms with Crippen molar-refractivity contribution in [2.24, 2.45) is 5.92 Å². The first-order valence-corrected chi connectivity index (χ1v) is 4.09. The zero-order chi connectivity index (χ0) is 7.90. The molecule has 2 nitrogen and oxygen atoms in total. The van der Waals surface area contributed by atoms with Gasteiger partial charge in [-0.3, -0.25) is 4.79 Å². The molecule has 1 fully saturated rings. The number of fused-ring (bicyclic) bond motifs is 1. The molecule has 0 bridgehead atoms. The van der Waals surface area contributed by atoms with Crippen LogP contribution in [0.1, 0.15) is 26.2 Å². The van der Waals surface area contributed by atoms with E-state index in [-0.39, 0.29) is 11.6 Å². The summed E-state index contributed by atoms with van der Waals surface area (Å²) in [7, 11) is 0. The Balaban J connectivity index is 2.27. The first-order valence-electron chi connectivity index (χ1n) is 4.09. The van der Waals surface area contributed by atoms with Crippen LogP contribution in [-0.2, 0) is 9.53 Å². The minimum atomic E-state index is -0.175. The summed E-state index contributed by atoms with van der Waals surface area (Å²) in [6.07, 6.45) is 6.87. The maximum Gasteiger partial charge on any atom is 0.307 e.